The van der Waals surface area contributed by atoms with Crippen molar-refractivity contribution >= 4 is 11.6 Å². The highest BCUT2D eigenvalue weighted by molar-refractivity contribution is 5.50. The molecule has 1 aromatic rings. The zero-order chi connectivity index (χ0) is 15.4. The lowest BCUT2D eigenvalue weighted by Crippen LogP contribution is -2.38. The summed E-state index contributed by atoms with van der Waals surface area (Å²) >= 11 is 0. The molecular weight excluding hydrogens is 262 g/mol. The van der Waals surface area contributed by atoms with Crippen molar-refractivity contribution in [3.8, 4) is 0 Å². The normalized spacial score (nSPS) is 14.8. The van der Waals surface area contributed by atoms with Crippen LogP contribution in [0.3, 0.4) is 0 Å². The molecule has 5 heteroatoms. The number of hydrogen-bond acceptors (Lipinski definition) is 5. The molecule has 0 atom stereocenters. The first-order chi connectivity index (χ1) is 10.1. The van der Waals surface area contributed by atoms with Crippen molar-refractivity contribution in [2.75, 3.05) is 16.9 Å². The molecule has 0 saturated heterocycles. The van der Waals surface area contributed by atoms with Gasteiger partial charge in [0.1, 0.15) is 17.5 Å². The monoisotopic (exact) mass is 291 g/mol. The lowest BCUT2D eigenvalue weighted by atomic mass is 10.1. The predicted molar refractivity (Wildman–Crippen MR) is 88.4 cm³/mol. The third kappa shape index (κ3) is 4.06. The number of nitrogens with zero attached hydrogens (tertiary/aromatic N) is 3. The number of hydrogen-bond donors (Lipinski definition) is 2. The van der Waals surface area contributed by atoms with Gasteiger partial charge in [-0.05, 0) is 31.6 Å². The maximum absolute atomic E-state index is 5.59. The standard InChI is InChI=1S/C16H29N5/c1-5-13(6-2)21(10-11(3)4)15-9-14(20-17)18-16(19-15)12-7-8-12/h9,11-13H,5-8,10,17H2,1-4H3,(H,18,19,20). The molecule has 1 fully saturated rings. The van der Waals surface area contributed by atoms with Crippen molar-refractivity contribution in [2.45, 2.75) is 65.3 Å². The Balaban J connectivity index is 2.34. The maximum Gasteiger partial charge on any atom is 0.145 e. The predicted octanol–water partition coefficient (Wildman–Crippen LogP) is 3.29. The van der Waals surface area contributed by atoms with Gasteiger partial charge in [0.05, 0.1) is 0 Å². The zero-order valence-electron chi connectivity index (χ0n) is 13.8. The van der Waals surface area contributed by atoms with E-state index >= 15 is 0 Å². The quantitative estimate of drug-likeness (QED) is 0.568. The summed E-state index contributed by atoms with van der Waals surface area (Å²) in [6, 6.07) is 2.49. The molecule has 1 aromatic heterocycles. The summed E-state index contributed by atoms with van der Waals surface area (Å²) in [4.78, 5) is 11.8. The molecule has 5 nitrogen and oxygen atoms in total. The first-order valence-electron chi connectivity index (χ1n) is 8.21. The summed E-state index contributed by atoms with van der Waals surface area (Å²) in [5.41, 5.74) is 2.70. The Hall–Kier alpha value is -1.36. The van der Waals surface area contributed by atoms with Crippen LogP contribution in [0.4, 0.5) is 11.6 Å². The third-order valence-corrected chi connectivity index (χ3v) is 4.06. The van der Waals surface area contributed by atoms with Gasteiger partial charge in [0.2, 0.25) is 0 Å². The molecule has 0 spiro atoms. The first-order valence-corrected chi connectivity index (χ1v) is 8.21. The fourth-order valence-corrected chi connectivity index (χ4v) is 2.75. The van der Waals surface area contributed by atoms with Gasteiger partial charge in [0.15, 0.2) is 0 Å². The molecule has 1 aliphatic rings. The van der Waals surface area contributed by atoms with E-state index in [2.05, 4.69) is 43.0 Å². The van der Waals surface area contributed by atoms with Gasteiger partial charge in [-0.25, -0.2) is 15.8 Å². The molecule has 0 aromatic carbocycles. The molecule has 118 valence electrons. The zero-order valence-corrected chi connectivity index (χ0v) is 13.8. The van der Waals surface area contributed by atoms with Crippen molar-refractivity contribution in [3.63, 3.8) is 0 Å². The Labute approximate surface area is 128 Å². The van der Waals surface area contributed by atoms with Crippen LogP contribution in [0.5, 0.6) is 0 Å². The van der Waals surface area contributed by atoms with Crippen molar-refractivity contribution in [1.82, 2.24) is 9.97 Å². The highest BCUT2D eigenvalue weighted by Crippen LogP contribution is 2.39. The number of nitrogens with one attached hydrogen (secondary N) is 1. The van der Waals surface area contributed by atoms with Crippen LogP contribution in [0, 0.1) is 5.92 Å². The van der Waals surface area contributed by atoms with E-state index in [1.54, 1.807) is 0 Å². The summed E-state index contributed by atoms with van der Waals surface area (Å²) < 4.78 is 0. The fourth-order valence-electron chi connectivity index (χ4n) is 2.75. The number of aromatic nitrogens is 2. The van der Waals surface area contributed by atoms with Crippen LogP contribution in [-0.4, -0.2) is 22.6 Å². The lowest BCUT2D eigenvalue weighted by Gasteiger charge is -2.33. The van der Waals surface area contributed by atoms with E-state index in [4.69, 9.17) is 10.8 Å². The number of hydrazine groups is 1. The van der Waals surface area contributed by atoms with E-state index in [-0.39, 0.29) is 0 Å². The molecule has 1 heterocycles. The first kappa shape index (κ1) is 16.0. The Morgan fingerprint density at radius 1 is 1.29 bits per heavy atom. The van der Waals surface area contributed by atoms with Gasteiger partial charge in [-0.1, -0.05) is 27.7 Å². The second-order valence-corrected chi connectivity index (χ2v) is 6.40. The number of nitrogens with two attached hydrogens (primary N) is 1. The molecule has 1 saturated carbocycles. The largest absolute Gasteiger partial charge is 0.353 e. The van der Waals surface area contributed by atoms with E-state index in [1.807, 2.05) is 6.07 Å². The lowest BCUT2D eigenvalue weighted by molar-refractivity contribution is 0.502. The van der Waals surface area contributed by atoms with Crippen LogP contribution in [0.2, 0.25) is 0 Å². The highest BCUT2D eigenvalue weighted by atomic mass is 15.3. The average Bonchev–Trinajstić information content (AvgIpc) is 3.31. The van der Waals surface area contributed by atoms with Gasteiger partial charge >= 0.3 is 0 Å². The highest BCUT2D eigenvalue weighted by Gasteiger charge is 2.28. The SMILES string of the molecule is CCC(CC)N(CC(C)C)c1cc(NN)nc(C2CC2)n1. The molecule has 0 aliphatic heterocycles. The molecule has 3 N–H and O–H groups in total. The van der Waals surface area contributed by atoms with Crippen LogP contribution < -0.4 is 16.2 Å². The molecule has 0 amide bonds. The minimum absolute atomic E-state index is 0.514. The van der Waals surface area contributed by atoms with E-state index in [9.17, 15) is 0 Å². The Morgan fingerprint density at radius 2 is 1.95 bits per heavy atom. The third-order valence-electron chi connectivity index (χ3n) is 4.06. The number of anilines is 2. The van der Waals surface area contributed by atoms with Crippen LogP contribution in [0.15, 0.2) is 6.07 Å². The van der Waals surface area contributed by atoms with Crippen LogP contribution in [0.25, 0.3) is 0 Å². The van der Waals surface area contributed by atoms with E-state index in [1.165, 1.54) is 12.8 Å². The molecule has 0 bridgehead atoms. The van der Waals surface area contributed by atoms with Gasteiger partial charge in [-0.2, -0.15) is 0 Å². The molecule has 2 rings (SSSR count). The summed E-state index contributed by atoms with van der Waals surface area (Å²) in [5.74, 6) is 9.40. The van der Waals surface area contributed by atoms with Crippen molar-refractivity contribution in [2.24, 2.45) is 11.8 Å². The summed E-state index contributed by atoms with van der Waals surface area (Å²) in [7, 11) is 0. The topological polar surface area (TPSA) is 67.1 Å². The average molecular weight is 291 g/mol. The molecule has 0 radical (unpaired) electrons. The maximum atomic E-state index is 5.59. The van der Waals surface area contributed by atoms with Gasteiger partial charge in [-0.3, -0.25) is 0 Å². The van der Waals surface area contributed by atoms with Gasteiger partial charge < -0.3 is 10.3 Å². The summed E-state index contributed by atoms with van der Waals surface area (Å²) in [5, 5.41) is 0. The van der Waals surface area contributed by atoms with Crippen LogP contribution in [-0.2, 0) is 0 Å². The smallest absolute Gasteiger partial charge is 0.145 e. The summed E-state index contributed by atoms with van der Waals surface area (Å²) in [6.07, 6.45) is 4.64. The number of nitrogen functional groups attached to an aromatic ring is 1. The molecule has 21 heavy (non-hydrogen) atoms. The van der Waals surface area contributed by atoms with E-state index in [0.29, 0.717) is 17.9 Å². The Bertz CT molecular complexity index is 452. The molecule has 1 aliphatic carbocycles. The van der Waals surface area contributed by atoms with E-state index in [0.717, 1.165) is 36.8 Å². The van der Waals surface area contributed by atoms with Crippen LogP contribution >= 0.6 is 0 Å². The Morgan fingerprint density at radius 3 is 2.43 bits per heavy atom. The Kier molecular flexibility index (Phi) is 5.39. The molecular formula is C16H29N5. The van der Waals surface area contributed by atoms with Crippen molar-refractivity contribution < 1.29 is 0 Å². The fraction of sp³-hybridized carbons (Fsp3) is 0.750. The minimum Gasteiger partial charge on any atom is -0.353 e. The second kappa shape index (κ2) is 7.07. The van der Waals surface area contributed by atoms with Gasteiger partial charge in [-0.15, -0.1) is 0 Å². The van der Waals surface area contributed by atoms with Crippen molar-refractivity contribution in [1.29, 1.82) is 0 Å². The minimum atomic E-state index is 0.514. The summed E-state index contributed by atoms with van der Waals surface area (Å²) in [6.45, 7) is 10.00. The number of rotatable bonds is 8. The van der Waals surface area contributed by atoms with Crippen LogP contribution in [0.1, 0.15) is 65.1 Å². The second-order valence-electron chi connectivity index (χ2n) is 6.40. The van der Waals surface area contributed by atoms with Crippen molar-refractivity contribution in [3.05, 3.63) is 11.9 Å². The van der Waals surface area contributed by atoms with Gasteiger partial charge in [0, 0.05) is 24.6 Å². The van der Waals surface area contributed by atoms with E-state index < -0.39 is 0 Å². The molecule has 0 unspecified atom stereocenters. The van der Waals surface area contributed by atoms with Gasteiger partial charge in [0.25, 0.3) is 0 Å².